The average molecular weight is 330 g/mol. The SMILES string of the molecule is Cc1nnsc1C(=O)Nc1nc2c(s1)COc1ccccc1-2. The van der Waals surface area contributed by atoms with Gasteiger partial charge in [-0.05, 0) is 30.6 Å². The molecule has 3 heterocycles. The molecule has 1 amide bonds. The molecule has 1 aromatic carbocycles. The number of para-hydroxylation sites is 1. The highest BCUT2D eigenvalue weighted by Gasteiger charge is 2.23. The number of anilines is 1. The first kappa shape index (κ1) is 13.4. The summed E-state index contributed by atoms with van der Waals surface area (Å²) in [4.78, 5) is 18.3. The van der Waals surface area contributed by atoms with Crippen LogP contribution in [0.2, 0.25) is 0 Å². The zero-order valence-electron chi connectivity index (χ0n) is 11.5. The number of thiazole rings is 1. The van der Waals surface area contributed by atoms with Gasteiger partial charge in [-0.2, -0.15) is 0 Å². The van der Waals surface area contributed by atoms with E-state index < -0.39 is 0 Å². The Morgan fingerprint density at radius 1 is 1.36 bits per heavy atom. The van der Waals surface area contributed by atoms with Crippen LogP contribution in [-0.2, 0) is 6.61 Å². The Labute approximate surface area is 134 Å². The maximum atomic E-state index is 12.2. The highest BCUT2D eigenvalue weighted by Crippen LogP contribution is 2.40. The molecule has 0 fully saturated rings. The van der Waals surface area contributed by atoms with Gasteiger partial charge in [0, 0.05) is 5.56 Å². The number of carbonyl (C=O) groups is 1. The number of carbonyl (C=O) groups excluding carboxylic acids is 1. The van der Waals surface area contributed by atoms with Gasteiger partial charge in [-0.25, -0.2) is 4.98 Å². The van der Waals surface area contributed by atoms with E-state index in [4.69, 9.17) is 4.74 Å². The number of hydrogen-bond donors (Lipinski definition) is 1. The summed E-state index contributed by atoms with van der Waals surface area (Å²) in [6, 6.07) is 7.76. The van der Waals surface area contributed by atoms with Crippen LogP contribution < -0.4 is 10.1 Å². The van der Waals surface area contributed by atoms with Gasteiger partial charge in [0.05, 0.1) is 16.3 Å². The van der Waals surface area contributed by atoms with Crippen molar-refractivity contribution in [1.29, 1.82) is 0 Å². The Kier molecular flexibility index (Phi) is 3.12. The molecular formula is C14H10N4O2S2. The van der Waals surface area contributed by atoms with E-state index in [9.17, 15) is 4.79 Å². The number of hydrogen-bond acceptors (Lipinski definition) is 7. The molecule has 0 aliphatic carbocycles. The van der Waals surface area contributed by atoms with E-state index in [2.05, 4.69) is 19.9 Å². The van der Waals surface area contributed by atoms with Crippen molar-refractivity contribution >= 4 is 33.9 Å². The van der Waals surface area contributed by atoms with Gasteiger partial charge in [-0.3, -0.25) is 10.1 Å². The zero-order valence-corrected chi connectivity index (χ0v) is 13.1. The number of rotatable bonds is 2. The fourth-order valence-electron chi connectivity index (χ4n) is 2.24. The van der Waals surface area contributed by atoms with Crippen LogP contribution in [0.15, 0.2) is 24.3 Å². The molecule has 22 heavy (non-hydrogen) atoms. The van der Waals surface area contributed by atoms with E-state index in [1.54, 1.807) is 6.92 Å². The van der Waals surface area contributed by atoms with Crippen LogP contribution in [0.3, 0.4) is 0 Å². The van der Waals surface area contributed by atoms with Crippen molar-refractivity contribution in [3.63, 3.8) is 0 Å². The molecule has 0 saturated heterocycles. The van der Waals surface area contributed by atoms with E-state index >= 15 is 0 Å². The normalized spacial score (nSPS) is 12.2. The minimum Gasteiger partial charge on any atom is -0.487 e. The van der Waals surface area contributed by atoms with Crippen molar-refractivity contribution in [3.8, 4) is 17.0 Å². The third-order valence-corrected chi connectivity index (χ3v) is 5.05. The largest absolute Gasteiger partial charge is 0.487 e. The summed E-state index contributed by atoms with van der Waals surface area (Å²) in [6.45, 7) is 2.23. The van der Waals surface area contributed by atoms with E-state index in [1.807, 2.05) is 24.3 Å². The molecule has 1 aliphatic heterocycles. The van der Waals surface area contributed by atoms with E-state index in [0.717, 1.165) is 33.4 Å². The van der Waals surface area contributed by atoms with Gasteiger partial charge in [-0.1, -0.05) is 28.0 Å². The molecule has 110 valence electrons. The summed E-state index contributed by atoms with van der Waals surface area (Å²) in [5, 5.41) is 7.22. The van der Waals surface area contributed by atoms with E-state index in [1.165, 1.54) is 11.3 Å². The van der Waals surface area contributed by atoms with Crippen molar-refractivity contribution in [2.24, 2.45) is 0 Å². The maximum Gasteiger partial charge on any atom is 0.271 e. The van der Waals surface area contributed by atoms with Crippen LogP contribution in [0.5, 0.6) is 5.75 Å². The molecule has 3 aromatic rings. The van der Waals surface area contributed by atoms with Crippen LogP contribution in [0.4, 0.5) is 5.13 Å². The summed E-state index contributed by atoms with van der Waals surface area (Å²) in [5.41, 5.74) is 2.45. The van der Waals surface area contributed by atoms with Gasteiger partial charge >= 0.3 is 0 Å². The fraction of sp³-hybridized carbons (Fsp3) is 0.143. The molecule has 4 rings (SSSR count). The van der Waals surface area contributed by atoms with Gasteiger partial charge in [0.2, 0.25) is 0 Å². The molecule has 2 aromatic heterocycles. The van der Waals surface area contributed by atoms with Crippen molar-refractivity contribution in [2.45, 2.75) is 13.5 Å². The number of aromatic nitrogens is 3. The molecule has 0 spiro atoms. The molecular weight excluding hydrogens is 320 g/mol. The molecule has 0 bridgehead atoms. The Morgan fingerprint density at radius 3 is 3.05 bits per heavy atom. The third-order valence-electron chi connectivity index (χ3n) is 3.28. The van der Waals surface area contributed by atoms with Gasteiger partial charge in [0.1, 0.15) is 17.2 Å². The smallest absolute Gasteiger partial charge is 0.271 e. The van der Waals surface area contributed by atoms with Gasteiger partial charge in [0.15, 0.2) is 5.13 Å². The van der Waals surface area contributed by atoms with Crippen LogP contribution >= 0.6 is 22.9 Å². The lowest BCUT2D eigenvalue weighted by Gasteiger charge is -2.15. The first-order valence-electron chi connectivity index (χ1n) is 6.54. The Bertz CT molecular complexity index is 871. The van der Waals surface area contributed by atoms with Crippen molar-refractivity contribution < 1.29 is 9.53 Å². The molecule has 0 radical (unpaired) electrons. The van der Waals surface area contributed by atoms with Crippen LogP contribution in [0.1, 0.15) is 20.2 Å². The fourth-order valence-corrected chi connectivity index (χ4v) is 3.67. The van der Waals surface area contributed by atoms with Crippen LogP contribution in [-0.4, -0.2) is 20.5 Å². The number of amides is 1. The first-order chi connectivity index (χ1) is 10.7. The summed E-state index contributed by atoms with van der Waals surface area (Å²) in [6.07, 6.45) is 0. The minimum absolute atomic E-state index is 0.229. The lowest BCUT2D eigenvalue weighted by atomic mass is 10.1. The molecule has 0 atom stereocenters. The topological polar surface area (TPSA) is 77.0 Å². The molecule has 6 nitrogen and oxygen atoms in total. The molecule has 0 unspecified atom stereocenters. The Hall–Kier alpha value is -2.32. The molecule has 1 aliphatic rings. The Morgan fingerprint density at radius 2 is 2.23 bits per heavy atom. The second-order valence-corrected chi connectivity index (χ2v) is 6.55. The standard InChI is InChI=1S/C14H10N4O2S2/c1-7-12(22-18-17-7)13(19)16-14-15-11-8-4-2-3-5-9(8)20-6-10(11)21-14/h2-5H,6H2,1H3,(H,15,16,19). The highest BCUT2D eigenvalue weighted by atomic mass is 32.1. The van der Waals surface area contributed by atoms with Gasteiger partial charge in [0.25, 0.3) is 5.91 Å². The van der Waals surface area contributed by atoms with Crippen molar-refractivity contribution in [1.82, 2.24) is 14.6 Å². The second-order valence-electron chi connectivity index (χ2n) is 4.72. The second kappa shape index (κ2) is 5.15. The molecule has 8 heteroatoms. The quantitative estimate of drug-likeness (QED) is 0.781. The number of nitrogens with one attached hydrogen (secondary N) is 1. The number of ether oxygens (including phenoxy) is 1. The summed E-state index contributed by atoms with van der Waals surface area (Å²) in [5.74, 6) is 0.591. The zero-order chi connectivity index (χ0) is 15.1. The van der Waals surface area contributed by atoms with Gasteiger partial charge in [-0.15, -0.1) is 5.10 Å². The van der Waals surface area contributed by atoms with Crippen LogP contribution in [0.25, 0.3) is 11.3 Å². The van der Waals surface area contributed by atoms with E-state index in [0.29, 0.717) is 22.3 Å². The number of fused-ring (bicyclic) bond motifs is 3. The van der Waals surface area contributed by atoms with Crippen molar-refractivity contribution in [2.75, 3.05) is 5.32 Å². The lowest BCUT2D eigenvalue weighted by molar-refractivity contribution is 0.103. The predicted molar refractivity (Wildman–Crippen MR) is 84.5 cm³/mol. The maximum absolute atomic E-state index is 12.2. The first-order valence-corrected chi connectivity index (χ1v) is 8.13. The molecule has 1 N–H and O–H groups in total. The minimum atomic E-state index is -0.229. The third kappa shape index (κ3) is 2.16. The van der Waals surface area contributed by atoms with Crippen molar-refractivity contribution in [3.05, 3.63) is 39.7 Å². The molecule has 0 saturated carbocycles. The summed E-state index contributed by atoms with van der Waals surface area (Å²) < 4.78 is 9.47. The number of benzene rings is 1. The average Bonchev–Trinajstić information content (AvgIpc) is 3.12. The summed E-state index contributed by atoms with van der Waals surface area (Å²) >= 11 is 2.51. The predicted octanol–water partition coefficient (Wildman–Crippen LogP) is 3.11. The number of nitrogens with zero attached hydrogens (tertiary/aromatic N) is 3. The van der Waals surface area contributed by atoms with Gasteiger partial charge < -0.3 is 4.74 Å². The number of aryl methyl sites for hydroxylation is 1. The monoisotopic (exact) mass is 330 g/mol. The van der Waals surface area contributed by atoms with Crippen LogP contribution in [0, 0.1) is 6.92 Å². The summed E-state index contributed by atoms with van der Waals surface area (Å²) in [7, 11) is 0. The highest BCUT2D eigenvalue weighted by molar-refractivity contribution is 7.16. The Balaban J connectivity index is 1.65. The van der Waals surface area contributed by atoms with E-state index in [-0.39, 0.29) is 5.91 Å². The lowest BCUT2D eigenvalue weighted by Crippen LogP contribution is -2.11.